The average Bonchev–Trinajstić information content (AvgIpc) is 3.06. The van der Waals surface area contributed by atoms with Gasteiger partial charge in [-0.05, 0) is 42.3 Å². The molecule has 1 N–H and O–H groups in total. The molecule has 0 bridgehead atoms. The van der Waals surface area contributed by atoms with Crippen LogP contribution in [0.15, 0.2) is 54.6 Å². The van der Waals surface area contributed by atoms with Crippen LogP contribution in [0, 0.1) is 0 Å². The standard InChI is InChI=1S/C21H20N2O3/c1-15(24)22-18-10-7-16(8-11-18)9-12-20(25)17-4-2-5-19(14-17)23-13-3-6-21(23)26/h2,4-5,7-12,14H,3,6,13H2,1H3,(H,22,24)/b12-9+. The van der Waals surface area contributed by atoms with E-state index in [4.69, 9.17) is 0 Å². The Morgan fingerprint density at radius 3 is 2.54 bits per heavy atom. The van der Waals surface area contributed by atoms with Crippen molar-refractivity contribution >= 4 is 35.0 Å². The number of nitrogens with zero attached hydrogens (tertiary/aromatic N) is 1. The molecule has 3 rings (SSSR count). The fourth-order valence-corrected chi connectivity index (χ4v) is 2.90. The summed E-state index contributed by atoms with van der Waals surface area (Å²) in [6.07, 6.45) is 4.66. The predicted octanol–water partition coefficient (Wildman–Crippen LogP) is 3.67. The predicted molar refractivity (Wildman–Crippen MR) is 102 cm³/mol. The number of amides is 2. The molecule has 0 aliphatic carbocycles. The van der Waals surface area contributed by atoms with Gasteiger partial charge in [0.25, 0.3) is 0 Å². The van der Waals surface area contributed by atoms with Crippen LogP contribution in [0.2, 0.25) is 0 Å². The first-order valence-corrected chi connectivity index (χ1v) is 8.53. The largest absolute Gasteiger partial charge is 0.326 e. The van der Waals surface area contributed by atoms with E-state index in [0.29, 0.717) is 24.2 Å². The van der Waals surface area contributed by atoms with Gasteiger partial charge in [0.1, 0.15) is 0 Å². The summed E-state index contributed by atoms with van der Waals surface area (Å²) in [5.74, 6) is -0.145. The summed E-state index contributed by atoms with van der Waals surface area (Å²) in [5, 5.41) is 2.70. The zero-order valence-corrected chi connectivity index (χ0v) is 14.6. The molecular weight excluding hydrogens is 328 g/mol. The number of ketones is 1. The van der Waals surface area contributed by atoms with Crippen molar-refractivity contribution in [3.8, 4) is 0 Å². The van der Waals surface area contributed by atoms with Gasteiger partial charge in [-0.3, -0.25) is 14.4 Å². The van der Waals surface area contributed by atoms with Gasteiger partial charge in [0.05, 0.1) is 0 Å². The number of benzene rings is 2. The summed E-state index contributed by atoms with van der Waals surface area (Å²) in [7, 11) is 0. The van der Waals surface area contributed by atoms with Crippen molar-refractivity contribution in [2.45, 2.75) is 19.8 Å². The number of rotatable bonds is 5. The smallest absolute Gasteiger partial charge is 0.227 e. The highest BCUT2D eigenvalue weighted by molar-refractivity contribution is 6.08. The lowest BCUT2D eigenvalue weighted by atomic mass is 10.1. The van der Waals surface area contributed by atoms with Crippen molar-refractivity contribution < 1.29 is 14.4 Å². The van der Waals surface area contributed by atoms with Crippen LogP contribution in [0.4, 0.5) is 11.4 Å². The quantitative estimate of drug-likeness (QED) is 0.662. The van der Waals surface area contributed by atoms with E-state index in [2.05, 4.69) is 5.32 Å². The zero-order valence-electron chi connectivity index (χ0n) is 14.6. The highest BCUT2D eigenvalue weighted by Gasteiger charge is 2.21. The molecule has 26 heavy (non-hydrogen) atoms. The number of anilines is 2. The second kappa shape index (κ2) is 7.78. The summed E-state index contributed by atoms with van der Waals surface area (Å²) in [6, 6.07) is 14.4. The molecule has 0 aromatic heterocycles. The van der Waals surface area contributed by atoms with E-state index in [9.17, 15) is 14.4 Å². The molecule has 5 nitrogen and oxygen atoms in total. The summed E-state index contributed by atoms with van der Waals surface area (Å²) >= 11 is 0. The topological polar surface area (TPSA) is 66.5 Å². The number of carbonyl (C=O) groups is 3. The van der Waals surface area contributed by atoms with Crippen LogP contribution in [-0.4, -0.2) is 24.1 Å². The first-order valence-electron chi connectivity index (χ1n) is 8.53. The lowest BCUT2D eigenvalue weighted by Gasteiger charge is -2.16. The van der Waals surface area contributed by atoms with Crippen molar-refractivity contribution in [2.75, 3.05) is 16.8 Å². The molecule has 0 atom stereocenters. The van der Waals surface area contributed by atoms with Gasteiger partial charge in [-0.1, -0.05) is 30.3 Å². The van der Waals surface area contributed by atoms with Gasteiger partial charge >= 0.3 is 0 Å². The number of allylic oxidation sites excluding steroid dienone is 1. The fourth-order valence-electron chi connectivity index (χ4n) is 2.90. The van der Waals surface area contributed by atoms with Crippen LogP contribution < -0.4 is 10.2 Å². The molecule has 2 amide bonds. The Morgan fingerprint density at radius 2 is 1.88 bits per heavy atom. The summed E-state index contributed by atoms with van der Waals surface area (Å²) in [4.78, 5) is 37.0. The minimum absolute atomic E-state index is 0.101. The number of hydrogen-bond acceptors (Lipinski definition) is 3. The van der Waals surface area contributed by atoms with Gasteiger partial charge in [0.2, 0.25) is 11.8 Å². The lowest BCUT2D eigenvalue weighted by Crippen LogP contribution is -2.23. The number of carbonyl (C=O) groups excluding carboxylic acids is 3. The lowest BCUT2D eigenvalue weighted by molar-refractivity contribution is -0.117. The third-order valence-electron chi connectivity index (χ3n) is 4.17. The van der Waals surface area contributed by atoms with E-state index in [1.807, 2.05) is 18.2 Å². The Hall–Kier alpha value is -3.21. The van der Waals surface area contributed by atoms with E-state index < -0.39 is 0 Å². The molecule has 0 saturated carbocycles. The van der Waals surface area contributed by atoms with E-state index in [1.54, 1.807) is 41.3 Å². The molecule has 2 aromatic carbocycles. The maximum atomic E-state index is 12.4. The highest BCUT2D eigenvalue weighted by atomic mass is 16.2. The van der Waals surface area contributed by atoms with E-state index >= 15 is 0 Å². The third kappa shape index (κ3) is 4.25. The number of hydrogen-bond donors (Lipinski definition) is 1. The minimum atomic E-state index is -0.125. The first-order chi connectivity index (χ1) is 12.5. The molecule has 0 unspecified atom stereocenters. The molecule has 1 fully saturated rings. The van der Waals surface area contributed by atoms with Gasteiger partial charge < -0.3 is 10.2 Å². The Kier molecular flexibility index (Phi) is 5.27. The van der Waals surface area contributed by atoms with Crippen LogP contribution in [0.25, 0.3) is 6.08 Å². The van der Waals surface area contributed by atoms with Crippen LogP contribution in [0.3, 0.4) is 0 Å². The van der Waals surface area contributed by atoms with Gasteiger partial charge in [-0.25, -0.2) is 0 Å². The molecular formula is C21H20N2O3. The van der Waals surface area contributed by atoms with Crippen LogP contribution in [0.1, 0.15) is 35.7 Å². The second-order valence-corrected chi connectivity index (χ2v) is 6.20. The monoisotopic (exact) mass is 348 g/mol. The van der Waals surface area contributed by atoms with Gasteiger partial charge in [0, 0.05) is 36.8 Å². The van der Waals surface area contributed by atoms with E-state index in [0.717, 1.165) is 17.7 Å². The highest BCUT2D eigenvalue weighted by Crippen LogP contribution is 2.22. The molecule has 1 saturated heterocycles. The van der Waals surface area contributed by atoms with Crippen molar-refractivity contribution in [3.05, 3.63) is 65.7 Å². The minimum Gasteiger partial charge on any atom is -0.326 e. The van der Waals surface area contributed by atoms with Crippen molar-refractivity contribution in [2.24, 2.45) is 0 Å². The van der Waals surface area contributed by atoms with Crippen molar-refractivity contribution in [1.29, 1.82) is 0 Å². The van der Waals surface area contributed by atoms with Crippen LogP contribution in [0.5, 0.6) is 0 Å². The van der Waals surface area contributed by atoms with Crippen molar-refractivity contribution in [1.82, 2.24) is 0 Å². The summed E-state index contributed by atoms with van der Waals surface area (Å²) in [6.45, 7) is 2.16. The molecule has 0 radical (unpaired) electrons. The van der Waals surface area contributed by atoms with Crippen LogP contribution in [-0.2, 0) is 9.59 Å². The van der Waals surface area contributed by atoms with Crippen LogP contribution >= 0.6 is 0 Å². The third-order valence-corrected chi connectivity index (χ3v) is 4.17. The Labute approximate surface area is 152 Å². The normalized spacial score (nSPS) is 14.0. The molecule has 5 heteroatoms. The molecule has 1 aliphatic heterocycles. The van der Waals surface area contributed by atoms with Gasteiger partial charge in [-0.15, -0.1) is 0 Å². The summed E-state index contributed by atoms with van der Waals surface area (Å²) in [5.41, 5.74) is 2.89. The second-order valence-electron chi connectivity index (χ2n) is 6.20. The van der Waals surface area contributed by atoms with Crippen molar-refractivity contribution in [3.63, 3.8) is 0 Å². The Morgan fingerprint density at radius 1 is 1.12 bits per heavy atom. The maximum Gasteiger partial charge on any atom is 0.227 e. The Balaban J connectivity index is 1.70. The van der Waals surface area contributed by atoms with E-state index in [-0.39, 0.29) is 17.6 Å². The SMILES string of the molecule is CC(=O)Nc1ccc(/C=C/C(=O)c2cccc(N3CCCC3=O)c2)cc1. The summed E-state index contributed by atoms with van der Waals surface area (Å²) < 4.78 is 0. The van der Waals surface area contributed by atoms with Gasteiger partial charge in [0.15, 0.2) is 5.78 Å². The average molecular weight is 348 g/mol. The van der Waals surface area contributed by atoms with Gasteiger partial charge in [-0.2, -0.15) is 0 Å². The fraction of sp³-hybridized carbons (Fsp3) is 0.190. The maximum absolute atomic E-state index is 12.4. The molecule has 132 valence electrons. The molecule has 1 heterocycles. The van der Waals surface area contributed by atoms with E-state index in [1.165, 1.54) is 13.0 Å². The Bertz CT molecular complexity index is 869. The zero-order chi connectivity index (χ0) is 18.5. The first kappa shape index (κ1) is 17.6. The molecule has 0 spiro atoms. The molecule has 2 aromatic rings. The molecule has 1 aliphatic rings. The number of nitrogens with one attached hydrogen (secondary N) is 1.